The van der Waals surface area contributed by atoms with Crippen molar-refractivity contribution in [1.82, 2.24) is 10.3 Å². The number of nitrogens with zero attached hydrogens (tertiary/aromatic N) is 1. The lowest BCUT2D eigenvalue weighted by molar-refractivity contribution is 0.481. The normalized spacial score (nSPS) is 12.7. The number of aromatic nitrogens is 1. The lowest BCUT2D eigenvalue weighted by atomic mass is 10.0. The molecule has 0 spiro atoms. The lowest BCUT2D eigenvalue weighted by Crippen LogP contribution is -2.28. The van der Waals surface area contributed by atoms with Crippen LogP contribution in [0.4, 0.5) is 5.82 Å². The molecule has 0 saturated heterocycles. The summed E-state index contributed by atoms with van der Waals surface area (Å²) in [4.78, 5) is 4.19. The standard InChI is InChI=1S/C13H23N3/c1-4-12(15-5-2)7-6-11-8-10(3)9-16-13(11)14/h8-9,12,15H,4-7H2,1-3H3,(H2,14,16). The van der Waals surface area contributed by atoms with E-state index in [0.29, 0.717) is 11.9 Å². The van der Waals surface area contributed by atoms with Gasteiger partial charge in [-0.1, -0.05) is 19.9 Å². The molecule has 0 aliphatic carbocycles. The number of nitrogen functional groups attached to an aromatic ring is 1. The van der Waals surface area contributed by atoms with Crippen LogP contribution in [0.2, 0.25) is 0 Å². The Kier molecular flexibility index (Phi) is 5.26. The number of pyridine rings is 1. The van der Waals surface area contributed by atoms with Gasteiger partial charge in [-0.3, -0.25) is 0 Å². The molecule has 1 aromatic rings. The van der Waals surface area contributed by atoms with E-state index in [1.807, 2.05) is 6.20 Å². The van der Waals surface area contributed by atoms with E-state index in [0.717, 1.165) is 25.8 Å². The second kappa shape index (κ2) is 6.48. The van der Waals surface area contributed by atoms with Crippen LogP contribution in [0.5, 0.6) is 0 Å². The summed E-state index contributed by atoms with van der Waals surface area (Å²) in [6, 6.07) is 2.73. The molecule has 0 saturated carbocycles. The van der Waals surface area contributed by atoms with E-state index >= 15 is 0 Å². The number of aryl methyl sites for hydroxylation is 2. The van der Waals surface area contributed by atoms with Crippen molar-refractivity contribution in [1.29, 1.82) is 0 Å². The van der Waals surface area contributed by atoms with E-state index in [4.69, 9.17) is 5.73 Å². The highest BCUT2D eigenvalue weighted by Crippen LogP contribution is 2.14. The summed E-state index contributed by atoms with van der Waals surface area (Å²) in [5.41, 5.74) is 8.22. The Morgan fingerprint density at radius 1 is 1.44 bits per heavy atom. The molecule has 3 heteroatoms. The zero-order valence-electron chi connectivity index (χ0n) is 10.6. The van der Waals surface area contributed by atoms with Gasteiger partial charge < -0.3 is 11.1 Å². The molecular formula is C13H23N3. The molecule has 90 valence electrons. The van der Waals surface area contributed by atoms with Gasteiger partial charge in [-0.15, -0.1) is 0 Å². The summed E-state index contributed by atoms with van der Waals surface area (Å²) in [6.07, 6.45) is 5.11. The van der Waals surface area contributed by atoms with Gasteiger partial charge >= 0.3 is 0 Å². The first-order valence-electron chi connectivity index (χ1n) is 6.11. The first-order chi connectivity index (χ1) is 7.67. The van der Waals surface area contributed by atoms with Crippen molar-refractivity contribution < 1.29 is 0 Å². The van der Waals surface area contributed by atoms with Gasteiger partial charge in [0.15, 0.2) is 0 Å². The Labute approximate surface area is 98.5 Å². The fourth-order valence-corrected chi connectivity index (χ4v) is 1.91. The minimum Gasteiger partial charge on any atom is -0.383 e. The Morgan fingerprint density at radius 3 is 2.81 bits per heavy atom. The third-order valence-electron chi connectivity index (χ3n) is 2.89. The molecule has 1 unspecified atom stereocenters. The summed E-state index contributed by atoms with van der Waals surface area (Å²) in [5.74, 6) is 0.678. The van der Waals surface area contributed by atoms with Gasteiger partial charge in [-0.2, -0.15) is 0 Å². The topological polar surface area (TPSA) is 50.9 Å². The first-order valence-corrected chi connectivity index (χ1v) is 6.11. The van der Waals surface area contributed by atoms with Crippen LogP contribution in [0.3, 0.4) is 0 Å². The van der Waals surface area contributed by atoms with Crippen LogP contribution >= 0.6 is 0 Å². The predicted molar refractivity (Wildman–Crippen MR) is 69.5 cm³/mol. The van der Waals surface area contributed by atoms with Gasteiger partial charge in [-0.05, 0) is 43.9 Å². The molecule has 0 aliphatic rings. The van der Waals surface area contributed by atoms with E-state index in [-0.39, 0.29) is 0 Å². The van der Waals surface area contributed by atoms with Crippen LogP contribution in [-0.4, -0.2) is 17.6 Å². The molecule has 0 aliphatic heterocycles. The third kappa shape index (κ3) is 3.81. The molecule has 3 N–H and O–H groups in total. The highest BCUT2D eigenvalue weighted by Gasteiger charge is 2.07. The third-order valence-corrected chi connectivity index (χ3v) is 2.89. The average Bonchev–Trinajstić information content (AvgIpc) is 2.28. The molecule has 0 radical (unpaired) electrons. The van der Waals surface area contributed by atoms with E-state index in [2.05, 4.69) is 37.1 Å². The first kappa shape index (κ1) is 13.0. The smallest absolute Gasteiger partial charge is 0.126 e. The SMILES string of the molecule is CCNC(CC)CCc1cc(C)cnc1N. The van der Waals surface area contributed by atoms with Gasteiger partial charge in [0.05, 0.1) is 0 Å². The molecule has 16 heavy (non-hydrogen) atoms. The Balaban J connectivity index is 2.55. The van der Waals surface area contributed by atoms with E-state index in [1.165, 1.54) is 11.1 Å². The fourth-order valence-electron chi connectivity index (χ4n) is 1.91. The quantitative estimate of drug-likeness (QED) is 0.775. The van der Waals surface area contributed by atoms with Crippen molar-refractivity contribution in [2.75, 3.05) is 12.3 Å². The molecule has 1 aromatic heterocycles. The van der Waals surface area contributed by atoms with Crippen molar-refractivity contribution in [3.63, 3.8) is 0 Å². The molecule has 1 atom stereocenters. The van der Waals surface area contributed by atoms with E-state index in [1.54, 1.807) is 0 Å². The zero-order chi connectivity index (χ0) is 12.0. The maximum absolute atomic E-state index is 5.86. The number of anilines is 1. The van der Waals surface area contributed by atoms with Crippen LogP contribution in [0, 0.1) is 6.92 Å². The monoisotopic (exact) mass is 221 g/mol. The van der Waals surface area contributed by atoms with Crippen LogP contribution in [-0.2, 0) is 6.42 Å². The summed E-state index contributed by atoms with van der Waals surface area (Å²) >= 11 is 0. The van der Waals surface area contributed by atoms with Crippen LogP contribution in [0.25, 0.3) is 0 Å². The van der Waals surface area contributed by atoms with Crippen molar-refractivity contribution in [2.45, 2.75) is 46.1 Å². The van der Waals surface area contributed by atoms with Gasteiger partial charge in [0.1, 0.15) is 5.82 Å². The number of hydrogen-bond donors (Lipinski definition) is 2. The Hall–Kier alpha value is -1.09. The highest BCUT2D eigenvalue weighted by atomic mass is 14.9. The van der Waals surface area contributed by atoms with E-state index in [9.17, 15) is 0 Å². The minimum absolute atomic E-state index is 0.588. The average molecular weight is 221 g/mol. The number of hydrogen-bond acceptors (Lipinski definition) is 3. The zero-order valence-corrected chi connectivity index (χ0v) is 10.6. The van der Waals surface area contributed by atoms with Crippen molar-refractivity contribution in [3.05, 3.63) is 23.4 Å². The van der Waals surface area contributed by atoms with Crippen LogP contribution in [0.15, 0.2) is 12.3 Å². The Morgan fingerprint density at radius 2 is 2.19 bits per heavy atom. The fraction of sp³-hybridized carbons (Fsp3) is 0.615. The Bertz CT molecular complexity index is 323. The maximum Gasteiger partial charge on any atom is 0.126 e. The molecule has 0 fully saturated rings. The van der Waals surface area contributed by atoms with Gasteiger partial charge in [0.2, 0.25) is 0 Å². The second-order valence-electron chi connectivity index (χ2n) is 4.26. The summed E-state index contributed by atoms with van der Waals surface area (Å²) < 4.78 is 0. The number of nitrogens with two attached hydrogens (primary N) is 1. The van der Waals surface area contributed by atoms with Crippen molar-refractivity contribution >= 4 is 5.82 Å². The molecule has 0 bridgehead atoms. The largest absolute Gasteiger partial charge is 0.383 e. The number of rotatable bonds is 6. The minimum atomic E-state index is 0.588. The molecule has 1 heterocycles. The summed E-state index contributed by atoms with van der Waals surface area (Å²) in [6.45, 7) is 7.44. The van der Waals surface area contributed by atoms with Gasteiger partial charge in [0.25, 0.3) is 0 Å². The lowest BCUT2D eigenvalue weighted by Gasteiger charge is -2.16. The molecule has 3 nitrogen and oxygen atoms in total. The van der Waals surface area contributed by atoms with Gasteiger partial charge in [0, 0.05) is 12.2 Å². The molecule has 0 amide bonds. The van der Waals surface area contributed by atoms with Crippen molar-refractivity contribution in [3.8, 4) is 0 Å². The summed E-state index contributed by atoms with van der Waals surface area (Å²) in [7, 11) is 0. The predicted octanol–water partition coefficient (Wildman–Crippen LogP) is 2.29. The molecule has 1 rings (SSSR count). The number of nitrogens with one attached hydrogen (secondary N) is 1. The molecular weight excluding hydrogens is 198 g/mol. The van der Waals surface area contributed by atoms with E-state index < -0.39 is 0 Å². The van der Waals surface area contributed by atoms with Gasteiger partial charge in [-0.25, -0.2) is 4.98 Å². The maximum atomic E-state index is 5.86. The molecule has 0 aromatic carbocycles. The van der Waals surface area contributed by atoms with Crippen molar-refractivity contribution in [2.24, 2.45) is 0 Å². The summed E-state index contributed by atoms with van der Waals surface area (Å²) in [5, 5.41) is 3.48. The van der Waals surface area contributed by atoms with Crippen LogP contribution < -0.4 is 11.1 Å². The highest BCUT2D eigenvalue weighted by molar-refractivity contribution is 5.40. The van der Waals surface area contributed by atoms with Crippen LogP contribution in [0.1, 0.15) is 37.8 Å². The second-order valence-corrected chi connectivity index (χ2v) is 4.26.